The SMILES string of the molecule is CC(C)N(CCC(=O)O)C(=O)c1ccnc2ccccc12. The van der Waals surface area contributed by atoms with Crippen molar-refractivity contribution in [3.63, 3.8) is 0 Å². The van der Waals surface area contributed by atoms with E-state index >= 15 is 0 Å². The van der Waals surface area contributed by atoms with E-state index in [1.807, 2.05) is 38.1 Å². The van der Waals surface area contributed by atoms with Gasteiger partial charge in [-0.1, -0.05) is 18.2 Å². The lowest BCUT2D eigenvalue weighted by atomic mass is 10.1. The molecule has 5 heteroatoms. The first-order chi connectivity index (χ1) is 10.0. The van der Waals surface area contributed by atoms with E-state index in [0.29, 0.717) is 5.56 Å². The lowest BCUT2D eigenvalue weighted by Crippen LogP contribution is -2.38. The second-order valence-electron chi connectivity index (χ2n) is 5.11. The molecule has 2 rings (SSSR count). The summed E-state index contributed by atoms with van der Waals surface area (Å²) >= 11 is 0. The van der Waals surface area contributed by atoms with Crippen molar-refractivity contribution in [3.05, 3.63) is 42.1 Å². The molecule has 110 valence electrons. The Morgan fingerprint density at radius 2 is 1.95 bits per heavy atom. The van der Waals surface area contributed by atoms with Crippen molar-refractivity contribution in [2.45, 2.75) is 26.3 Å². The minimum Gasteiger partial charge on any atom is -0.481 e. The van der Waals surface area contributed by atoms with Crippen molar-refractivity contribution in [3.8, 4) is 0 Å². The van der Waals surface area contributed by atoms with Gasteiger partial charge in [0.1, 0.15) is 0 Å². The Labute approximate surface area is 123 Å². The van der Waals surface area contributed by atoms with Crippen LogP contribution in [0.3, 0.4) is 0 Å². The van der Waals surface area contributed by atoms with Crippen molar-refractivity contribution >= 4 is 22.8 Å². The molecule has 0 fully saturated rings. The number of nitrogens with zero attached hydrogens (tertiary/aromatic N) is 2. The lowest BCUT2D eigenvalue weighted by molar-refractivity contribution is -0.137. The van der Waals surface area contributed by atoms with Gasteiger partial charge in [-0.25, -0.2) is 0 Å². The number of rotatable bonds is 5. The number of para-hydroxylation sites is 1. The fourth-order valence-electron chi connectivity index (χ4n) is 2.25. The van der Waals surface area contributed by atoms with Crippen molar-refractivity contribution < 1.29 is 14.7 Å². The average molecular weight is 286 g/mol. The highest BCUT2D eigenvalue weighted by Crippen LogP contribution is 2.19. The summed E-state index contributed by atoms with van der Waals surface area (Å²) < 4.78 is 0. The number of pyridine rings is 1. The van der Waals surface area contributed by atoms with E-state index in [0.717, 1.165) is 10.9 Å². The van der Waals surface area contributed by atoms with Gasteiger partial charge in [0, 0.05) is 24.2 Å². The van der Waals surface area contributed by atoms with Crippen LogP contribution in [0, 0.1) is 0 Å². The molecule has 1 heterocycles. The average Bonchev–Trinajstić information content (AvgIpc) is 2.46. The van der Waals surface area contributed by atoms with Gasteiger partial charge in [-0.15, -0.1) is 0 Å². The Balaban J connectivity index is 2.37. The molecule has 1 N–H and O–H groups in total. The van der Waals surface area contributed by atoms with Crippen molar-refractivity contribution in [1.29, 1.82) is 0 Å². The second kappa shape index (κ2) is 6.35. The van der Waals surface area contributed by atoms with Gasteiger partial charge in [0.25, 0.3) is 5.91 Å². The Hall–Kier alpha value is -2.43. The van der Waals surface area contributed by atoms with Crippen LogP contribution in [0.5, 0.6) is 0 Å². The molecule has 21 heavy (non-hydrogen) atoms. The van der Waals surface area contributed by atoms with E-state index < -0.39 is 5.97 Å². The van der Waals surface area contributed by atoms with Crippen LogP contribution in [0.2, 0.25) is 0 Å². The summed E-state index contributed by atoms with van der Waals surface area (Å²) in [7, 11) is 0. The first-order valence-corrected chi connectivity index (χ1v) is 6.87. The van der Waals surface area contributed by atoms with Gasteiger partial charge >= 0.3 is 5.97 Å². The molecule has 0 atom stereocenters. The molecule has 0 bridgehead atoms. The van der Waals surface area contributed by atoms with Crippen LogP contribution >= 0.6 is 0 Å². The number of hydrogen-bond acceptors (Lipinski definition) is 3. The Morgan fingerprint density at radius 1 is 1.24 bits per heavy atom. The molecule has 5 nitrogen and oxygen atoms in total. The Bertz CT molecular complexity index is 662. The molecule has 0 saturated carbocycles. The minimum absolute atomic E-state index is 0.0626. The molecule has 0 unspecified atom stereocenters. The fourth-order valence-corrected chi connectivity index (χ4v) is 2.25. The van der Waals surface area contributed by atoms with E-state index in [-0.39, 0.29) is 24.9 Å². The van der Waals surface area contributed by atoms with E-state index in [4.69, 9.17) is 5.11 Å². The third-order valence-electron chi connectivity index (χ3n) is 3.33. The molecule has 1 aromatic carbocycles. The van der Waals surface area contributed by atoms with Gasteiger partial charge in [0.2, 0.25) is 0 Å². The number of carboxylic acid groups (broad SMARTS) is 1. The number of fused-ring (bicyclic) bond motifs is 1. The summed E-state index contributed by atoms with van der Waals surface area (Å²) in [5, 5.41) is 9.60. The molecule has 0 aliphatic heterocycles. The number of benzene rings is 1. The number of aromatic nitrogens is 1. The fraction of sp³-hybridized carbons (Fsp3) is 0.312. The van der Waals surface area contributed by atoms with Gasteiger partial charge in [-0.05, 0) is 26.0 Å². The maximum atomic E-state index is 12.7. The van der Waals surface area contributed by atoms with Crippen molar-refractivity contribution in [1.82, 2.24) is 9.88 Å². The molecule has 0 radical (unpaired) electrons. The maximum Gasteiger partial charge on any atom is 0.305 e. The molecule has 1 aromatic heterocycles. The van der Waals surface area contributed by atoms with Gasteiger partial charge in [0.15, 0.2) is 0 Å². The summed E-state index contributed by atoms with van der Waals surface area (Å²) in [4.78, 5) is 29.3. The normalized spacial score (nSPS) is 10.8. The van der Waals surface area contributed by atoms with Crippen molar-refractivity contribution in [2.75, 3.05) is 6.54 Å². The lowest BCUT2D eigenvalue weighted by Gasteiger charge is -2.26. The topological polar surface area (TPSA) is 70.5 Å². The smallest absolute Gasteiger partial charge is 0.305 e. The third kappa shape index (κ3) is 3.37. The van der Waals surface area contributed by atoms with Gasteiger partial charge in [0.05, 0.1) is 17.5 Å². The zero-order chi connectivity index (χ0) is 15.4. The summed E-state index contributed by atoms with van der Waals surface area (Å²) in [6.07, 6.45) is 1.54. The quantitative estimate of drug-likeness (QED) is 0.917. The number of carbonyl (C=O) groups is 2. The van der Waals surface area contributed by atoms with Gasteiger partial charge in [-0.3, -0.25) is 14.6 Å². The number of amides is 1. The summed E-state index contributed by atoms with van der Waals surface area (Å²) in [6.45, 7) is 3.95. The predicted octanol–water partition coefficient (Wildman–Crippen LogP) is 2.56. The second-order valence-corrected chi connectivity index (χ2v) is 5.11. The predicted molar refractivity (Wildman–Crippen MR) is 80.2 cm³/mol. The monoisotopic (exact) mass is 286 g/mol. The molecule has 2 aromatic rings. The van der Waals surface area contributed by atoms with E-state index in [9.17, 15) is 9.59 Å². The summed E-state index contributed by atoms with van der Waals surface area (Å²) in [5.74, 6) is -1.07. The third-order valence-corrected chi connectivity index (χ3v) is 3.33. The number of carbonyl (C=O) groups excluding carboxylic acids is 1. The molecule has 1 amide bonds. The van der Waals surface area contributed by atoms with Crippen LogP contribution in [0.1, 0.15) is 30.6 Å². The van der Waals surface area contributed by atoms with E-state index in [2.05, 4.69) is 4.98 Å². The maximum absolute atomic E-state index is 12.7. The number of carboxylic acids is 1. The van der Waals surface area contributed by atoms with Crippen LogP contribution < -0.4 is 0 Å². The van der Waals surface area contributed by atoms with Gasteiger partial charge in [-0.2, -0.15) is 0 Å². The van der Waals surface area contributed by atoms with Crippen LogP contribution in [0.4, 0.5) is 0 Å². The van der Waals surface area contributed by atoms with Crippen LogP contribution in [-0.2, 0) is 4.79 Å². The first kappa shape index (κ1) is 15.0. The number of aliphatic carboxylic acids is 1. The number of hydrogen-bond donors (Lipinski definition) is 1. The Morgan fingerprint density at radius 3 is 2.62 bits per heavy atom. The molecule has 0 aliphatic rings. The molecule has 0 spiro atoms. The summed E-state index contributed by atoms with van der Waals surface area (Å²) in [6, 6.07) is 9.05. The Kier molecular flexibility index (Phi) is 4.52. The summed E-state index contributed by atoms with van der Waals surface area (Å²) in [5.41, 5.74) is 1.31. The van der Waals surface area contributed by atoms with Gasteiger partial charge < -0.3 is 10.0 Å². The highest BCUT2D eigenvalue weighted by atomic mass is 16.4. The highest BCUT2D eigenvalue weighted by Gasteiger charge is 2.21. The first-order valence-electron chi connectivity index (χ1n) is 6.87. The van der Waals surface area contributed by atoms with Crippen LogP contribution in [0.15, 0.2) is 36.5 Å². The van der Waals surface area contributed by atoms with Crippen LogP contribution in [0.25, 0.3) is 10.9 Å². The largest absolute Gasteiger partial charge is 0.481 e. The standard InChI is InChI=1S/C16H18N2O3/c1-11(2)18(10-8-15(19)20)16(21)13-7-9-17-14-6-4-3-5-12(13)14/h3-7,9,11H,8,10H2,1-2H3,(H,19,20). The minimum atomic E-state index is -0.909. The van der Waals surface area contributed by atoms with E-state index in [1.165, 1.54) is 0 Å². The highest BCUT2D eigenvalue weighted by molar-refractivity contribution is 6.06. The zero-order valence-corrected chi connectivity index (χ0v) is 12.1. The van der Waals surface area contributed by atoms with Crippen LogP contribution in [-0.4, -0.2) is 39.5 Å². The molecule has 0 aliphatic carbocycles. The van der Waals surface area contributed by atoms with E-state index in [1.54, 1.807) is 17.2 Å². The molecule has 0 saturated heterocycles. The zero-order valence-electron chi connectivity index (χ0n) is 12.1. The molecular formula is C16H18N2O3. The molecular weight excluding hydrogens is 268 g/mol. The van der Waals surface area contributed by atoms with Crippen molar-refractivity contribution in [2.24, 2.45) is 0 Å².